The number of rotatable bonds is 6. The maximum Gasteiger partial charge on any atom is 0.239 e. The molecule has 1 aromatic carbocycles. The summed E-state index contributed by atoms with van der Waals surface area (Å²) in [5.41, 5.74) is 3.35. The van der Waals surface area contributed by atoms with Crippen LogP contribution in [0.4, 0.5) is 11.4 Å². The quantitative estimate of drug-likeness (QED) is 0.828. The summed E-state index contributed by atoms with van der Waals surface area (Å²) in [6.07, 6.45) is 0.945. The summed E-state index contributed by atoms with van der Waals surface area (Å²) in [5, 5.41) is 6.09. The molecular weight excluding hydrogens is 238 g/mol. The van der Waals surface area contributed by atoms with Gasteiger partial charge in [0.1, 0.15) is 0 Å². The lowest BCUT2D eigenvalue weighted by Crippen LogP contribution is -2.36. The van der Waals surface area contributed by atoms with Gasteiger partial charge in [-0.15, -0.1) is 0 Å². The smallest absolute Gasteiger partial charge is 0.239 e. The number of hydrogen-bond acceptors (Lipinski definition) is 3. The summed E-state index contributed by atoms with van der Waals surface area (Å²) in [6, 6.07) is 6.35. The number of amides is 1. The highest BCUT2D eigenvalue weighted by molar-refractivity contribution is 5.81. The zero-order chi connectivity index (χ0) is 14.4. The monoisotopic (exact) mass is 263 g/mol. The first-order chi connectivity index (χ1) is 8.93. The molecule has 1 atom stereocenters. The molecule has 2 N–H and O–H groups in total. The fourth-order valence-corrected chi connectivity index (χ4v) is 1.81. The summed E-state index contributed by atoms with van der Waals surface area (Å²) in [6.45, 7) is 6.45. The third-order valence-electron chi connectivity index (χ3n) is 3.16. The van der Waals surface area contributed by atoms with E-state index in [1.165, 1.54) is 5.56 Å². The van der Waals surface area contributed by atoms with Crippen LogP contribution in [0.25, 0.3) is 0 Å². The van der Waals surface area contributed by atoms with Gasteiger partial charge in [-0.05, 0) is 38.0 Å². The average Bonchev–Trinajstić information content (AvgIpc) is 2.37. The van der Waals surface area contributed by atoms with Gasteiger partial charge in [0.2, 0.25) is 5.91 Å². The molecule has 0 heterocycles. The number of aryl methyl sites for hydroxylation is 1. The van der Waals surface area contributed by atoms with Crippen LogP contribution in [0.3, 0.4) is 0 Å². The van der Waals surface area contributed by atoms with Gasteiger partial charge in [-0.2, -0.15) is 0 Å². The minimum absolute atomic E-state index is 0.0290. The predicted molar refractivity (Wildman–Crippen MR) is 81.9 cm³/mol. The first-order valence-corrected chi connectivity index (χ1v) is 6.75. The van der Waals surface area contributed by atoms with E-state index < -0.39 is 0 Å². The Morgan fingerprint density at radius 1 is 1.37 bits per heavy atom. The molecule has 0 bridgehead atoms. The molecule has 4 nitrogen and oxygen atoms in total. The fourth-order valence-electron chi connectivity index (χ4n) is 1.81. The van der Waals surface area contributed by atoms with Crippen LogP contribution in [0.2, 0.25) is 0 Å². The molecule has 1 aromatic rings. The zero-order valence-electron chi connectivity index (χ0n) is 12.6. The zero-order valence-corrected chi connectivity index (χ0v) is 12.6. The van der Waals surface area contributed by atoms with E-state index >= 15 is 0 Å². The number of nitrogens with zero attached hydrogens (tertiary/aromatic N) is 1. The van der Waals surface area contributed by atoms with Crippen LogP contribution in [0.5, 0.6) is 0 Å². The molecule has 19 heavy (non-hydrogen) atoms. The van der Waals surface area contributed by atoms with Gasteiger partial charge in [0.05, 0.1) is 6.54 Å². The molecule has 0 aliphatic heterocycles. The largest absolute Gasteiger partial charge is 0.377 e. The molecule has 1 unspecified atom stereocenters. The van der Waals surface area contributed by atoms with Gasteiger partial charge >= 0.3 is 0 Å². The second-order valence-electron chi connectivity index (χ2n) is 5.13. The molecule has 1 amide bonds. The first-order valence-electron chi connectivity index (χ1n) is 6.75. The molecule has 0 aliphatic rings. The van der Waals surface area contributed by atoms with Gasteiger partial charge in [-0.3, -0.25) is 4.79 Å². The van der Waals surface area contributed by atoms with Gasteiger partial charge in [-0.1, -0.05) is 13.0 Å². The molecule has 106 valence electrons. The van der Waals surface area contributed by atoms with Gasteiger partial charge in [0.25, 0.3) is 0 Å². The van der Waals surface area contributed by atoms with Crippen LogP contribution >= 0.6 is 0 Å². The molecule has 1 rings (SSSR count). The molecule has 0 aliphatic carbocycles. The Morgan fingerprint density at radius 3 is 2.63 bits per heavy atom. The van der Waals surface area contributed by atoms with Crippen molar-refractivity contribution in [2.75, 3.05) is 30.9 Å². The van der Waals surface area contributed by atoms with Gasteiger partial charge < -0.3 is 15.5 Å². The van der Waals surface area contributed by atoms with E-state index in [2.05, 4.69) is 41.5 Å². The highest BCUT2D eigenvalue weighted by Crippen LogP contribution is 2.22. The standard InChI is InChI=1S/C15H25N3O/c1-6-12(3)17-15(19)10-16-13-8-7-11(2)14(9-13)18(4)5/h7-9,12,16H,6,10H2,1-5H3,(H,17,19). The summed E-state index contributed by atoms with van der Waals surface area (Å²) in [5.74, 6) is 0.0290. The maximum atomic E-state index is 11.7. The third kappa shape index (κ3) is 4.81. The summed E-state index contributed by atoms with van der Waals surface area (Å²) in [7, 11) is 4.03. The summed E-state index contributed by atoms with van der Waals surface area (Å²) >= 11 is 0. The molecule has 4 heteroatoms. The molecule has 0 radical (unpaired) electrons. The highest BCUT2D eigenvalue weighted by Gasteiger charge is 2.06. The van der Waals surface area contributed by atoms with E-state index in [4.69, 9.17) is 0 Å². The van der Waals surface area contributed by atoms with Crippen LogP contribution in [0, 0.1) is 6.92 Å². The van der Waals surface area contributed by atoms with Gasteiger partial charge in [-0.25, -0.2) is 0 Å². The van der Waals surface area contributed by atoms with E-state index in [1.807, 2.05) is 27.1 Å². The highest BCUT2D eigenvalue weighted by atomic mass is 16.1. The van der Waals surface area contributed by atoms with Crippen LogP contribution in [0.15, 0.2) is 18.2 Å². The molecule has 0 saturated heterocycles. The lowest BCUT2D eigenvalue weighted by atomic mass is 10.1. The number of benzene rings is 1. The van der Waals surface area contributed by atoms with Crippen molar-refractivity contribution in [3.63, 3.8) is 0 Å². The number of nitrogens with one attached hydrogen (secondary N) is 2. The van der Waals surface area contributed by atoms with Crippen molar-refractivity contribution in [1.82, 2.24) is 5.32 Å². The van der Waals surface area contributed by atoms with Crippen molar-refractivity contribution in [3.05, 3.63) is 23.8 Å². The Bertz CT molecular complexity index is 429. The lowest BCUT2D eigenvalue weighted by molar-refractivity contribution is -0.120. The van der Waals surface area contributed by atoms with E-state index in [1.54, 1.807) is 0 Å². The Kier molecular flexibility index (Phi) is 5.67. The van der Waals surface area contributed by atoms with E-state index in [9.17, 15) is 4.79 Å². The SMILES string of the molecule is CCC(C)NC(=O)CNc1ccc(C)c(N(C)C)c1. The summed E-state index contributed by atoms with van der Waals surface area (Å²) in [4.78, 5) is 13.8. The average molecular weight is 263 g/mol. The molecule has 0 fully saturated rings. The normalized spacial score (nSPS) is 11.8. The van der Waals surface area contributed by atoms with Crippen molar-refractivity contribution in [2.24, 2.45) is 0 Å². The Balaban J connectivity index is 2.58. The van der Waals surface area contributed by atoms with Crippen molar-refractivity contribution in [1.29, 1.82) is 0 Å². The summed E-state index contributed by atoms with van der Waals surface area (Å²) < 4.78 is 0. The fraction of sp³-hybridized carbons (Fsp3) is 0.533. The van der Waals surface area contributed by atoms with Crippen molar-refractivity contribution in [3.8, 4) is 0 Å². The van der Waals surface area contributed by atoms with Crippen molar-refractivity contribution >= 4 is 17.3 Å². The Morgan fingerprint density at radius 2 is 2.05 bits per heavy atom. The van der Waals surface area contributed by atoms with Gasteiger partial charge in [0, 0.05) is 31.5 Å². The minimum Gasteiger partial charge on any atom is -0.377 e. The molecular formula is C15H25N3O. The number of carbonyl (C=O) groups excluding carboxylic acids is 1. The molecule has 0 aromatic heterocycles. The Hall–Kier alpha value is -1.71. The number of anilines is 2. The molecule has 0 spiro atoms. The second-order valence-corrected chi connectivity index (χ2v) is 5.13. The minimum atomic E-state index is 0.0290. The molecule has 0 saturated carbocycles. The van der Waals surface area contributed by atoms with E-state index in [0.29, 0.717) is 6.54 Å². The maximum absolute atomic E-state index is 11.7. The van der Waals surface area contributed by atoms with Crippen LogP contribution < -0.4 is 15.5 Å². The van der Waals surface area contributed by atoms with Crippen molar-refractivity contribution in [2.45, 2.75) is 33.2 Å². The van der Waals surface area contributed by atoms with E-state index in [-0.39, 0.29) is 11.9 Å². The second kappa shape index (κ2) is 7.02. The van der Waals surface area contributed by atoms with Crippen molar-refractivity contribution < 1.29 is 4.79 Å². The first kappa shape index (κ1) is 15.3. The van der Waals surface area contributed by atoms with Crippen LogP contribution in [0.1, 0.15) is 25.8 Å². The van der Waals surface area contributed by atoms with Gasteiger partial charge in [0.15, 0.2) is 0 Å². The number of hydrogen-bond donors (Lipinski definition) is 2. The van der Waals surface area contributed by atoms with E-state index in [0.717, 1.165) is 17.8 Å². The topological polar surface area (TPSA) is 44.4 Å². The predicted octanol–water partition coefficient (Wildman–Crippen LogP) is 2.39. The number of carbonyl (C=O) groups is 1. The lowest BCUT2D eigenvalue weighted by Gasteiger charge is -2.18. The van der Waals surface area contributed by atoms with Crippen LogP contribution in [-0.2, 0) is 4.79 Å². The third-order valence-corrected chi connectivity index (χ3v) is 3.16. The Labute approximate surface area is 116 Å². The van der Waals surface area contributed by atoms with Crippen LogP contribution in [-0.4, -0.2) is 32.6 Å².